The van der Waals surface area contributed by atoms with Gasteiger partial charge in [-0.25, -0.2) is 0 Å². The minimum Gasteiger partial charge on any atom is -0.381 e. The molecule has 18 heavy (non-hydrogen) atoms. The zero-order valence-corrected chi connectivity index (χ0v) is 12.4. The molecule has 0 unspecified atom stereocenters. The van der Waals surface area contributed by atoms with Gasteiger partial charge in [0.1, 0.15) is 0 Å². The molecular weight excluding hydrogens is 224 g/mol. The molecule has 3 heteroatoms. The molecule has 1 heterocycles. The minimum absolute atomic E-state index is 0.940. The molecule has 0 amide bonds. The third-order valence-electron chi connectivity index (χ3n) is 3.90. The van der Waals surface area contributed by atoms with E-state index in [1.165, 1.54) is 58.2 Å². The highest BCUT2D eigenvalue weighted by Gasteiger charge is 2.13. The average Bonchev–Trinajstić information content (AvgIpc) is 2.42. The summed E-state index contributed by atoms with van der Waals surface area (Å²) in [6.45, 7) is 9.09. The molecule has 1 fully saturated rings. The Morgan fingerprint density at radius 1 is 1.11 bits per heavy atom. The van der Waals surface area contributed by atoms with Crippen LogP contribution in [0.2, 0.25) is 0 Å². The number of nitrogens with one attached hydrogen (secondary N) is 1. The Morgan fingerprint density at radius 2 is 1.89 bits per heavy atom. The van der Waals surface area contributed by atoms with Gasteiger partial charge in [0.25, 0.3) is 0 Å². The number of rotatable bonds is 10. The number of likely N-dealkylation sites (N-methyl/N-ethyl adjacent to an activating group) is 1. The molecule has 0 aromatic heterocycles. The molecule has 0 aromatic carbocycles. The molecule has 1 rings (SSSR count). The van der Waals surface area contributed by atoms with Gasteiger partial charge in [0.15, 0.2) is 0 Å². The van der Waals surface area contributed by atoms with Crippen LogP contribution in [-0.4, -0.2) is 51.3 Å². The summed E-state index contributed by atoms with van der Waals surface area (Å²) in [6, 6.07) is 0. The summed E-state index contributed by atoms with van der Waals surface area (Å²) in [5.41, 5.74) is 0. The molecule has 3 nitrogen and oxygen atoms in total. The van der Waals surface area contributed by atoms with E-state index in [0.717, 1.165) is 25.7 Å². The lowest BCUT2D eigenvalue weighted by Crippen LogP contribution is -2.32. The Bertz CT molecular complexity index is 181. The molecule has 1 N–H and O–H groups in total. The summed E-state index contributed by atoms with van der Waals surface area (Å²) in [5, 5.41) is 3.24. The summed E-state index contributed by atoms with van der Waals surface area (Å²) < 4.78 is 5.41. The van der Waals surface area contributed by atoms with Gasteiger partial charge in [-0.3, -0.25) is 0 Å². The van der Waals surface area contributed by atoms with Crippen molar-refractivity contribution in [2.24, 2.45) is 5.92 Å². The van der Waals surface area contributed by atoms with E-state index in [1.807, 2.05) is 7.05 Å². The zero-order chi connectivity index (χ0) is 13.1. The van der Waals surface area contributed by atoms with Crippen molar-refractivity contribution in [3.8, 4) is 0 Å². The van der Waals surface area contributed by atoms with E-state index in [4.69, 9.17) is 4.74 Å². The quantitative estimate of drug-likeness (QED) is 0.608. The molecule has 0 radical (unpaired) electrons. The van der Waals surface area contributed by atoms with Gasteiger partial charge in [0.05, 0.1) is 0 Å². The number of hydrogen-bond acceptors (Lipinski definition) is 3. The van der Waals surface area contributed by atoms with Crippen molar-refractivity contribution in [2.45, 2.75) is 45.4 Å². The Hall–Kier alpha value is -0.120. The Labute approximate surface area is 113 Å². The van der Waals surface area contributed by atoms with E-state index in [1.54, 1.807) is 0 Å². The maximum atomic E-state index is 5.41. The predicted molar refractivity (Wildman–Crippen MR) is 78.1 cm³/mol. The van der Waals surface area contributed by atoms with Crippen molar-refractivity contribution in [1.29, 1.82) is 0 Å². The lowest BCUT2D eigenvalue weighted by Gasteiger charge is -2.24. The van der Waals surface area contributed by atoms with Gasteiger partial charge >= 0.3 is 0 Å². The van der Waals surface area contributed by atoms with Crippen molar-refractivity contribution in [3.05, 3.63) is 0 Å². The van der Waals surface area contributed by atoms with E-state index in [2.05, 4.69) is 17.1 Å². The largest absolute Gasteiger partial charge is 0.381 e. The zero-order valence-electron chi connectivity index (χ0n) is 12.4. The second-order valence-electron chi connectivity index (χ2n) is 5.50. The molecule has 0 saturated carbocycles. The number of ether oxygens (including phenoxy) is 1. The molecule has 108 valence electrons. The lowest BCUT2D eigenvalue weighted by atomic mass is 9.94. The summed E-state index contributed by atoms with van der Waals surface area (Å²) in [5.74, 6) is 0.940. The predicted octanol–water partition coefficient (Wildman–Crippen LogP) is 2.51. The van der Waals surface area contributed by atoms with E-state index in [0.29, 0.717) is 0 Å². The van der Waals surface area contributed by atoms with Gasteiger partial charge in [-0.1, -0.05) is 19.8 Å². The molecular formula is C15H32N2O. The topological polar surface area (TPSA) is 24.5 Å². The third-order valence-corrected chi connectivity index (χ3v) is 3.90. The average molecular weight is 256 g/mol. The lowest BCUT2D eigenvalue weighted by molar-refractivity contribution is 0.0629. The highest BCUT2D eigenvalue weighted by molar-refractivity contribution is 4.65. The number of nitrogens with zero attached hydrogens (tertiary/aromatic N) is 1. The van der Waals surface area contributed by atoms with Gasteiger partial charge in [0, 0.05) is 26.3 Å². The standard InChI is InChI=1S/C15H32N2O/c1-3-10-17(12-9-16-2)11-5-4-6-15-7-13-18-14-8-15/h15-16H,3-14H2,1-2H3. The van der Waals surface area contributed by atoms with E-state index in [9.17, 15) is 0 Å². The van der Waals surface area contributed by atoms with Crippen LogP contribution >= 0.6 is 0 Å². The first kappa shape index (κ1) is 15.9. The summed E-state index contributed by atoms with van der Waals surface area (Å²) in [6.07, 6.45) is 8.02. The van der Waals surface area contributed by atoms with Crippen LogP contribution in [0.5, 0.6) is 0 Å². The fourth-order valence-corrected chi connectivity index (χ4v) is 2.73. The van der Waals surface area contributed by atoms with Gasteiger partial charge < -0.3 is 15.0 Å². The van der Waals surface area contributed by atoms with Crippen LogP contribution in [0.15, 0.2) is 0 Å². The smallest absolute Gasteiger partial charge is 0.0468 e. The molecule has 0 bridgehead atoms. The second-order valence-corrected chi connectivity index (χ2v) is 5.50. The van der Waals surface area contributed by atoms with Crippen LogP contribution in [0.3, 0.4) is 0 Å². The molecule has 1 saturated heterocycles. The van der Waals surface area contributed by atoms with Crippen LogP contribution in [0.25, 0.3) is 0 Å². The van der Waals surface area contributed by atoms with Crippen LogP contribution in [-0.2, 0) is 4.74 Å². The van der Waals surface area contributed by atoms with Crippen molar-refractivity contribution in [1.82, 2.24) is 10.2 Å². The summed E-state index contributed by atoms with van der Waals surface area (Å²) >= 11 is 0. The van der Waals surface area contributed by atoms with E-state index >= 15 is 0 Å². The number of unbranched alkanes of at least 4 members (excludes halogenated alkanes) is 1. The molecule has 0 aliphatic carbocycles. The van der Waals surface area contributed by atoms with Crippen molar-refractivity contribution < 1.29 is 4.74 Å². The maximum Gasteiger partial charge on any atom is 0.0468 e. The van der Waals surface area contributed by atoms with Gasteiger partial charge in [-0.15, -0.1) is 0 Å². The summed E-state index contributed by atoms with van der Waals surface area (Å²) in [4.78, 5) is 2.60. The highest BCUT2D eigenvalue weighted by Crippen LogP contribution is 2.20. The van der Waals surface area contributed by atoms with Crippen molar-refractivity contribution in [3.63, 3.8) is 0 Å². The van der Waals surface area contributed by atoms with E-state index in [-0.39, 0.29) is 0 Å². The molecule has 0 spiro atoms. The van der Waals surface area contributed by atoms with Crippen LogP contribution in [0.4, 0.5) is 0 Å². The normalized spacial score (nSPS) is 17.5. The monoisotopic (exact) mass is 256 g/mol. The van der Waals surface area contributed by atoms with Crippen LogP contribution < -0.4 is 5.32 Å². The third kappa shape index (κ3) is 7.34. The van der Waals surface area contributed by atoms with Gasteiger partial charge in [-0.05, 0) is 51.7 Å². The van der Waals surface area contributed by atoms with Crippen molar-refractivity contribution >= 4 is 0 Å². The first-order valence-electron chi connectivity index (χ1n) is 7.81. The summed E-state index contributed by atoms with van der Waals surface area (Å²) in [7, 11) is 2.04. The molecule has 1 aliphatic heterocycles. The minimum atomic E-state index is 0.940. The number of hydrogen-bond donors (Lipinski definition) is 1. The van der Waals surface area contributed by atoms with Crippen LogP contribution in [0, 0.1) is 5.92 Å². The van der Waals surface area contributed by atoms with Crippen molar-refractivity contribution in [2.75, 3.05) is 46.4 Å². The van der Waals surface area contributed by atoms with E-state index < -0.39 is 0 Å². The second kappa shape index (κ2) is 10.8. The fraction of sp³-hybridized carbons (Fsp3) is 1.00. The van der Waals surface area contributed by atoms with Gasteiger partial charge in [0.2, 0.25) is 0 Å². The molecule has 1 aliphatic rings. The first-order valence-corrected chi connectivity index (χ1v) is 7.81. The SMILES string of the molecule is CCCN(CCCCC1CCOCC1)CCNC. The Balaban J connectivity index is 2.02. The maximum absolute atomic E-state index is 5.41. The highest BCUT2D eigenvalue weighted by atomic mass is 16.5. The Morgan fingerprint density at radius 3 is 2.56 bits per heavy atom. The Kier molecular flexibility index (Phi) is 9.54. The molecule has 0 atom stereocenters. The van der Waals surface area contributed by atoms with Gasteiger partial charge in [-0.2, -0.15) is 0 Å². The molecule has 0 aromatic rings. The first-order chi connectivity index (χ1) is 8.86. The van der Waals surface area contributed by atoms with Crippen LogP contribution in [0.1, 0.15) is 45.4 Å². The fourth-order valence-electron chi connectivity index (χ4n) is 2.73.